The predicted octanol–water partition coefficient (Wildman–Crippen LogP) is 2.63. The van der Waals surface area contributed by atoms with E-state index >= 15 is 0 Å². The molecule has 2 atom stereocenters. The van der Waals surface area contributed by atoms with Crippen LogP contribution in [0.25, 0.3) is 0 Å². The van der Waals surface area contributed by atoms with Gasteiger partial charge in [0.15, 0.2) is 6.61 Å². The molecule has 1 aromatic rings. The molecule has 21 heavy (non-hydrogen) atoms. The number of morpholine rings is 1. The van der Waals surface area contributed by atoms with Gasteiger partial charge in [-0.05, 0) is 45.7 Å². The topological polar surface area (TPSA) is 38.8 Å². The second-order valence-corrected chi connectivity index (χ2v) is 6.07. The fraction of sp³-hybridized carbons (Fsp3) is 0.588. The van der Waals surface area contributed by atoms with E-state index in [0.717, 1.165) is 16.9 Å². The molecular formula is C17H25NO3. The molecule has 0 aliphatic carbocycles. The van der Waals surface area contributed by atoms with Gasteiger partial charge in [0.25, 0.3) is 5.91 Å². The molecule has 4 nitrogen and oxygen atoms in total. The highest BCUT2D eigenvalue weighted by atomic mass is 16.5. The summed E-state index contributed by atoms with van der Waals surface area (Å²) >= 11 is 0. The van der Waals surface area contributed by atoms with E-state index in [-0.39, 0.29) is 24.7 Å². The van der Waals surface area contributed by atoms with Gasteiger partial charge >= 0.3 is 0 Å². The number of ether oxygens (including phenoxy) is 2. The molecule has 1 fully saturated rings. The highest BCUT2D eigenvalue weighted by molar-refractivity contribution is 5.78. The van der Waals surface area contributed by atoms with Crippen molar-refractivity contribution >= 4 is 5.91 Å². The lowest BCUT2D eigenvalue weighted by Gasteiger charge is -2.35. The maximum Gasteiger partial charge on any atom is 0.260 e. The van der Waals surface area contributed by atoms with Crippen molar-refractivity contribution in [1.29, 1.82) is 0 Å². The molecule has 1 aliphatic rings. The molecule has 0 aromatic heterocycles. The minimum atomic E-state index is 0.0244. The van der Waals surface area contributed by atoms with E-state index in [1.807, 2.05) is 32.6 Å². The van der Waals surface area contributed by atoms with Gasteiger partial charge in [0.1, 0.15) is 5.75 Å². The zero-order valence-corrected chi connectivity index (χ0v) is 13.6. The quantitative estimate of drug-likeness (QED) is 0.859. The van der Waals surface area contributed by atoms with Gasteiger partial charge in [-0.25, -0.2) is 0 Å². The van der Waals surface area contributed by atoms with E-state index in [0.29, 0.717) is 13.1 Å². The third-order valence-electron chi connectivity index (χ3n) is 3.72. The number of carbonyl (C=O) groups excluding carboxylic acids is 1. The van der Waals surface area contributed by atoms with Crippen LogP contribution < -0.4 is 4.74 Å². The lowest BCUT2D eigenvalue weighted by Crippen LogP contribution is -2.49. The first-order chi connectivity index (χ1) is 9.86. The van der Waals surface area contributed by atoms with Crippen molar-refractivity contribution in [2.45, 2.75) is 46.8 Å². The Balaban J connectivity index is 1.98. The fourth-order valence-corrected chi connectivity index (χ4v) is 3.00. The van der Waals surface area contributed by atoms with Crippen LogP contribution >= 0.6 is 0 Å². The number of amides is 1. The van der Waals surface area contributed by atoms with Crippen molar-refractivity contribution in [3.8, 4) is 5.75 Å². The summed E-state index contributed by atoms with van der Waals surface area (Å²) in [6.45, 7) is 11.4. The summed E-state index contributed by atoms with van der Waals surface area (Å²) in [6.07, 6.45) is 0.168. The molecule has 2 rings (SSSR count). The molecule has 4 heteroatoms. The first kappa shape index (κ1) is 15.8. The molecule has 0 spiro atoms. The highest BCUT2D eigenvalue weighted by Crippen LogP contribution is 2.24. The van der Waals surface area contributed by atoms with Crippen LogP contribution in [0.3, 0.4) is 0 Å². The van der Waals surface area contributed by atoms with Crippen LogP contribution in [-0.4, -0.2) is 42.7 Å². The standard InChI is InChI=1S/C17H25NO3/c1-11-6-12(2)17(13(3)7-11)20-10-16(19)18-8-14(4)21-15(5)9-18/h6-7,14-15H,8-10H2,1-5H3. The van der Waals surface area contributed by atoms with E-state index in [1.54, 1.807) is 0 Å². The van der Waals surface area contributed by atoms with E-state index in [9.17, 15) is 4.79 Å². The summed E-state index contributed by atoms with van der Waals surface area (Å²) < 4.78 is 11.4. The minimum absolute atomic E-state index is 0.0244. The third-order valence-corrected chi connectivity index (χ3v) is 3.72. The van der Waals surface area contributed by atoms with Crippen LogP contribution in [0, 0.1) is 20.8 Å². The Hall–Kier alpha value is -1.55. The van der Waals surface area contributed by atoms with Crippen molar-refractivity contribution in [2.24, 2.45) is 0 Å². The Morgan fingerprint density at radius 3 is 2.24 bits per heavy atom. The van der Waals surface area contributed by atoms with Crippen molar-refractivity contribution in [3.63, 3.8) is 0 Å². The Morgan fingerprint density at radius 2 is 1.71 bits per heavy atom. The summed E-state index contributed by atoms with van der Waals surface area (Å²) in [7, 11) is 0. The van der Waals surface area contributed by atoms with Gasteiger partial charge in [0.2, 0.25) is 0 Å². The van der Waals surface area contributed by atoms with Gasteiger partial charge in [0, 0.05) is 13.1 Å². The van der Waals surface area contributed by atoms with Crippen LogP contribution in [0.5, 0.6) is 5.75 Å². The second-order valence-electron chi connectivity index (χ2n) is 6.07. The SMILES string of the molecule is Cc1cc(C)c(OCC(=O)N2CC(C)OC(C)C2)c(C)c1. The summed E-state index contributed by atoms with van der Waals surface area (Å²) in [5.41, 5.74) is 3.35. The number of carbonyl (C=O) groups is 1. The monoisotopic (exact) mass is 291 g/mol. The van der Waals surface area contributed by atoms with Gasteiger partial charge < -0.3 is 14.4 Å². The van der Waals surface area contributed by atoms with Gasteiger partial charge in [0.05, 0.1) is 12.2 Å². The van der Waals surface area contributed by atoms with Gasteiger partial charge in [-0.1, -0.05) is 17.7 Å². The molecule has 0 N–H and O–H groups in total. The van der Waals surface area contributed by atoms with E-state index in [1.165, 1.54) is 5.56 Å². The summed E-state index contributed by atoms with van der Waals surface area (Å²) in [4.78, 5) is 14.1. The molecule has 1 amide bonds. The minimum Gasteiger partial charge on any atom is -0.483 e. The molecule has 116 valence electrons. The first-order valence-electron chi connectivity index (χ1n) is 7.50. The van der Waals surface area contributed by atoms with Gasteiger partial charge in [-0.3, -0.25) is 4.79 Å². The lowest BCUT2D eigenvalue weighted by molar-refractivity contribution is -0.145. The molecule has 1 heterocycles. The number of benzene rings is 1. The average molecular weight is 291 g/mol. The molecule has 1 saturated heterocycles. The molecule has 2 unspecified atom stereocenters. The van der Waals surface area contributed by atoms with Crippen molar-refractivity contribution in [3.05, 3.63) is 28.8 Å². The molecule has 1 aliphatic heterocycles. The Bertz CT molecular complexity index is 494. The predicted molar refractivity (Wildman–Crippen MR) is 82.7 cm³/mol. The molecular weight excluding hydrogens is 266 g/mol. The number of aryl methyl sites for hydroxylation is 3. The Labute approximate surface area is 127 Å². The fourth-order valence-electron chi connectivity index (χ4n) is 3.00. The van der Waals surface area contributed by atoms with Crippen LogP contribution in [0.4, 0.5) is 0 Å². The maximum absolute atomic E-state index is 12.3. The van der Waals surface area contributed by atoms with Crippen molar-refractivity contribution < 1.29 is 14.3 Å². The van der Waals surface area contributed by atoms with Crippen LogP contribution in [0.1, 0.15) is 30.5 Å². The number of rotatable bonds is 3. The number of hydrogen-bond donors (Lipinski definition) is 0. The van der Waals surface area contributed by atoms with E-state index in [2.05, 4.69) is 19.1 Å². The summed E-state index contributed by atoms with van der Waals surface area (Å²) in [6, 6.07) is 4.15. The van der Waals surface area contributed by atoms with Crippen LogP contribution in [0.2, 0.25) is 0 Å². The van der Waals surface area contributed by atoms with Gasteiger partial charge in [-0.2, -0.15) is 0 Å². The largest absolute Gasteiger partial charge is 0.483 e. The highest BCUT2D eigenvalue weighted by Gasteiger charge is 2.26. The maximum atomic E-state index is 12.3. The third kappa shape index (κ3) is 3.97. The summed E-state index contributed by atoms with van der Waals surface area (Å²) in [5.74, 6) is 0.847. The normalized spacial score (nSPS) is 22.2. The Morgan fingerprint density at radius 1 is 1.19 bits per heavy atom. The summed E-state index contributed by atoms with van der Waals surface area (Å²) in [5, 5.41) is 0. The lowest BCUT2D eigenvalue weighted by atomic mass is 10.1. The molecule has 0 bridgehead atoms. The number of hydrogen-bond acceptors (Lipinski definition) is 3. The van der Waals surface area contributed by atoms with E-state index in [4.69, 9.17) is 9.47 Å². The number of nitrogens with zero attached hydrogens (tertiary/aromatic N) is 1. The zero-order valence-electron chi connectivity index (χ0n) is 13.6. The van der Waals surface area contributed by atoms with Crippen LogP contribution in [0.15, 0.2) is 12.1 Å². The van der Waals surface area contributed by atoms with E-state index < -0.39 is 0 Å². The zero-order chi connectivity index (χ0) is 15.6. The van der Waals surface area contributed by atoms with Crippen molar-refractivity contribution in [1.82, 2.24) is 4.90 Å². The Kier molecular flexibility index (Phi) is 4.88. The average Bonchev–Trinajstić information content (AvgIpc) is 2.35. The smallest absolute Gasteiger partial charge is 0.260 e. The first-order valence-corrected chi connectivity index (χ1v) is 7.50. The van der Waals surface area contributed by atoms with Crippen molar-refractivity contribution in [2.75, 3.05) is 19.7 Å². The molecule has 0 radical (unpaired) electrons. The molecule has 0 saturated carbocycles. The van der Waals surface area contributed by atoms with Crippen LogP contribution in [-0.2, 0) is 9.53 Å². The van der Waals surface area contributed by atoms with Gasteiger partial charge in [-0.15, -0.1) is 0 Å². The second kappa shape index (κ2) is 6.48. The molecule has 1 aromatic carbocycles.